The van der Waals surface area contributed by atoms with Gasteiger partial charge in [-0.05, 0) is 6.92 Å². The van der Waals surface area contributed by atoms with E-state index >= 15 is 0 Å². The molecule has 5 heterocycles. The Morgan fingerprint density at radius 3 is 1.74 bits per heavy atom. The summed E-state index contributed by atoms with van der Waals surface area (Å²) in [4.78, 5) is 25.2. The smallest absolute Gasteiger partial charge is 0.364 e. The zero-order valence-corrected chi connectivity index (χ0v) is 36.4. The molecule has 398 valence electrons. The lowest BCUT2D eigenvalue weighted by molar-refractivity contribution is -0.387. The second-order valence-corrected chi connectivity index (χ2v) is 17.0. The molecule has 1 amide bonds. The van der Waals surface area contributed by atoms with Gasteiger partial charge in [0.15, 0.2) is 25.2 Å². The molecule has 68 heavy (non-hydrogen) atoms. The van der Waals surface area contributed by atoms with Crippen LogP contribution in [-0.2, 0) is 57.0 Å². The molecular formula is C39H69NO28. The Balaban J connectivity index is 0.0000101. The van der Waals surface area contributed by atoms with Gasteiger partial charge in [0, 0.05) is 25.9 Å². The number of nitrogens with one attached hydrogen (secondary N) is 1. The molecular weight excluding hydrogens is 930 g/mol. The van der Waals surface area contributed by atoms with E-state index in [1.165, 1.54) is 6.92 Å². The number of carboxylic acids is 1. The standard InChI is InChI=1S/C38H65NO28.CH4/c1-4-58-33-19(39-12(3)44)23(50)31(18(63-33)10-59-34-27(54)25(52)30(17(9-43)62-34)64-35-26(53)24(51)21(48)15(7-41)60-35)65-36-28(55)32(22(49)16(8-42)61-36)67-38(37(56)57)5-13(45)11(2)29(66-38)20(47)14(46)6-40;/h11,13-36,40-43,45-55H,4-10H2,1-3H3,(H,39,44)(H,56,57);1H4/t11-,13?,14-,15?,16?,17?,18?,19?,20-,21+,22+,23-,24+,25-,26?,27?,28?,29-,30-,31-,32+,33-,34-,35+,36+,38?;/m1./s1. The number of carboxylic acid groups (broad SMARTS) is 1. The Hall–Kier alpha value is -2.06. The Morgan fingerprint density at radius 2 is 1.19 bits per heavy atom. The molecule has 10 unspecified atom stereocenters. The number of amides is 1. The highest BCUT2D eigenvalue weighted by Crippen LogP contribution is 2.40. The summed E-state index contributed by atoms with van der Waals surface area (Å²) < 4.78 is 57.1. The molecule has 5 fully saturated rings. The van der Waals surface area contributed by atoms with E-state index in [2.05, 4.69) is 5.32 Å². The van der Waals surface area contributed by atoms with Crippen molar-refractivity contribution in [1.82, 2.24) is 5.32 Å². The number of ether oxygens (including phenoxy) is 10. The molecule has 5 aliphatic rings. The van der Waals surface area contributed by atoms with Gasteiger partial charge in [0.2, 0.25) is 5.91 Å². The third kappa shape index (κ3) is 12.4. The van der Waals surface area contributed by atoms with E-state index in [1.807, 2.05) is 0 Å². The average molecular weight is 1000 g/mol. The number of aliphatic hydroxyl groups is 15. The van der Waals surface area contributed by atoms with Gasteiger partial charge in [0.05, 0.1) is 45.2 Å². The minimum atomic E-state index is -3.00. The van der Waals surface area contributed by atoms with Gasteiger partial charge in [-0.25, -0.2) is 4.79 Å². The van der Waals surface area contributed by atoms with E-state index in [4.69, 9.17) is 47.4 Å². The summed E-state index contributed by atoms with van der Waals surface area (Å²) >= 11 is 0. The molecule has 0 saturated carbocycles. The normalized spacial score (nSPS) is 46.5. The largest absolute Gasteiger partial charge is 0.477 e. The fourth-order valence-corrected chi connectivity index (χ4v) is 8.51. The quantitative estimate of drug-likeness (QED) is 0.0571. The maximum absolute atomic E-state index is 12.9. The van der Waals surface area contributed by atoms with E-state index in [0.29, 0.717) is 0 Å². The van der Waals surface area contributed by atoms with Crippen LogP contribution in [0.1, 0.15) is 34.6 Å². The number of hydrogen-bond acceptors (Lipinski definition) is 27. The zero-order valence-electron chi connectivity index (χ0n) is 36.4. The SMILES string of the molecule is C.CCO[C@@H]1OC(CO[C@@H]2OC(CO)[C@@H](O[C@@H]3OC(CO)[C@H](O)[C@H](O)C3O)[C@H](O)C2O)[C@@H](O[C@@H]2OC(CO)[C@H](O)[C@H](OC3(C(=O)O)CC(O)[C@@H](C)[C@H]([C@H](O)[C@H](O)CO)O3)C2O)[C@H](O)C1NC(C)=O. The molecule has 0 radical (unpaired) electrons. The first-order valence-corrected chi connectivity index (χ1v) is 21.5. The van der Waals surface area contributed by atoms with Crippen molar-refractivity contribution in [2.45, 2.75) is 188 Å². The second-order valence-electron chi connectivity index (χ2n) is 17.0. The molecule has 5 saturated heterocycles. The topological polar surface area (TPSA) is 462 Å². The molecule has 17 N–H and O–H groups in total. The molecule has 0 aromatic rings. The number of aliphatic carboxylic acids is 1. The van der Waals surface area contributed by atoms with Crippen LogP contribution < -0.4 is 5.32 Å². The minimum Gasteiger partial charge on any atom is -0.477 e. The van der Waals surface area contributed by atoms with Gasteiger partial charge in [-0.1, -0.05) is 14.4 Å². The van der Waals surface area contributed by atoms with Gasteiger partial charge in [-0.15, -0.1) is 0 Å². The van der Waals surface area contributed by atoms with Gasteiger partial charge >= 0.3 is 5.97 Å². The first-order valence-electron chi connectivity index (χ1n) is 21.5. The van der Waals surface area contributed by atoms with Crippen LogP contribution in [0.5, 0.6) is 0 Å². The van der Waals surface area contributed by atoms with Crippen molar-refractivity contribution in [1.29, 1.82) is 0 Å². The van der Waals surface area contributed by atoms with Crippen LogP contribution in [-0.4, -0.2) is 286 Å². The van der Waals surface area contributed by atoms with E-state index in [0.717, 1.165) is 6.92 Å². The minimum absolute atomic E-state index is 0. The van der Waals surface area contributed by atoms with Gasteiger partial charge < -0.3 is 134 Å². The zero-order chi connectivity index (χ0) is 49.8. The lowest BCUT2D eigenvalue weighted by atomic mass is 9.84. The van der Waals surface area contributed by atoms with Crippen molar-refractivity contribution in [2.24, 2.45) is 5.92 Å². The summed E-state index contributed by atoms with van der Waals surface area (Å²) in [6.45, 7) is -0.673. The maximum Gasteiger partial charge on any atom is 0.364 e. The number of rotatable bonds is 19. The third-order valence-corrected chi connectivity index (χ3v) is 12.4. The molecule has 0 aromatic carbocycles. The second kappa shape index (κ2) is 25.1. The number of hydrogen-bond donors (Lipinski definition) is 17. The van der Waals surface area contributed by atoms with E-state index in [-0.39, 0.29) is 14.0 Å². The fourth-order valence-electron chi connectivity index (χ4n) is 8.51. The number of carbonyl (C=O) groups is 2. The monoisotopic (exact) mass is 999 g/mol. The van der Waals surface area contributed by atoms with Crippen LogP contribution in [0.15, 0.2) is 0 Å². The van der Waals surface area contributed by atoms with Crippen LogP contribution in [0.4, 0.5) is 0 Å². The summed E-state index contributed by atoms with van der Waals surface area (Å²) in [5, 5.41) is 172. The molecule has 29 heteroatoms. The molecule has 0 aromatic heterocycles. The van der Waals surface area contributed by atoms with Crippen molar-refractivity contribution in [3.63, 3.8) is 0 Å². The maximum atomic E-state index is 12.9. The van der Waals surface area contributed by atoms with Gasteiger partial charge in [0.25, 0.3) is 5.79 Å². The van der Waals surface area contributed by atoms with Crippen molar-refractivity contribution < 1.29 is 139 Å². The van der Waals surface area contributed by atoms with Gasteiger partial charge in [-0.3, -0.25) is 4.79 Å². The third-order valence-electron chi connectivity index (χ3n) is 12.4. The number of carbonyl (C=O) groups excluding carboxylic acids is 1. The Morgan fingerprint density at radius 1 is 0.662 bits per heavy atom. The van der Waals surface area contributed by atoms with Gasteiger partial charge in [-0.2, -0.15) is 0 Å². The molecule has 0 aliphatic carbocycles. The van der Waals surface area contributed by atoms with Crippen LogP contribution in [0.3, 0.4) is 0 Å². The first-order chi connectivity index (χ1) is 31.6. The molecule has 29 nitrogen and oxygen atoms in total. The predicted molar refractivity (Wildman–Crippen MR) is 215 cm³/mol. The Labute approximate surface area is 388 Å². The summed E-state index contributed by atoms with van der Waals surface area (Å²) in [6, 6.07) is -1.45. The van der Waals surface area contributed by atoms with Crippen molar-refractivity contribution in [3.8, 4) is 0 Å². The lowest BCUT2D eigenvalue weighted by Crippen LogP contribution is -2.69. The summed E-state index contributed by atoms with van der Waals surface area (Å²) in [6.07, 6.45) is -43.4. The predicted octanol–water partition coefficient (Wildman–Crippen LogP) is -9.62. The molecule has 5 aliphatic heterocycles. The molecule has 0 bridgehead atoms. The van der Waals surface area contributed by atoms with Crippen LogP contribution in [0, 0.1) is 5.92 Å². The summed E-state index contributed by atoms with van der Waals surface area (Å²) in [5.74, 6) is -6.72. The molecule has 26 atom stereocenters. The van der Waals surface area contributed by atoms with Crippen molar-refractivity contribution in [2.75, 3.05) is 39.6 Å². The summed E-state index contributed by atoms with van der Waals surface area (Å²) in [7, 11) is 0. The van der Waals surface area contributed by atoms with E-state index in [9.17, 15) is 91.3 Å². The fraction of sp³-hybridized carbons (Fsp3) is 0.949. The van der Waals surface area contributed by atoms with Gasteiger partial charge in [0.1, 0.15) is 110 Å². The van der Waals surface area contributed by atoms with Crippen LogP contribution in [0.25, 0.3) is 0 Å². The average Bonchev–Trinajstić information content (AvgIpc) is 3.29. The number of aliphatic hydroxyl groups excluding tert-OH is 15. The van der Waals surface area contributed by atoms with E-state index in [1.54, 1.807) is 6.92 Å². The van der Waals surface area contributed by atoms with Crippen LogP contribution in [0.2, 0.25) is 0 Å². The van der Waals surface area contributed by atoms with Crippen molar-refractivity contribution in [3.05, 3.63) is 0 Å². The van der Waals surface area contributed by atoms with E-state index < -0.39 is 210 Å². The highest BCUT2D eigenvalue weighted by Gasteiger charge is 2.60. The highest BCUT2D eigenvalue weighted by molar-refractivity contribution is 5.76. The first kappa shape index (κ1) is 58.5. The Kier molecular flexibility index (Phi) is 21.6. The highest BCUT2D eigenvalue weighted by atomic mass is 16.8. The van der Waals surface area contributed by atoms with Crippen LogP contribution >= 0.6 is 0 Å². The Bertz CT molecular complexity index is 1570. The molecule has 0 spiro atoms. The molecule has 5 rings (SSSR count). The van der Waals surface area contributed by atoms with Crippen molar-refractivity contribution >= 4 is 11.9 Å². The lowest BCUT2D eigenvalue weighted by Gasteiger charge is -2.50. The summed E-state index contributed by atoms with van der Waals surface area (Å²) in [5.41, 5.74) is 0.